The van der Waals surface area contributed by atoms with Crippen LogP contribution in [0.1, 0.15) is 55.8 Å². The van der Waals surface area contributed by atoms with Gasteiger partial charge in [0, 0.05) is 5.56 Å². The van der Waals surface area contributed by atoms with Crippen LogP contribution in [0.2, 0.25) is 0 Å². The number of halogens is 4. The third-order valence-electron chi connectivity index (χ3n) is 6.90. The van der Waals surface area contributed by atoms with Gasteiger partial charge in [-0.25, -0.2) is 8.78 Å². The van der Waals surface area contributed by atoms with Crippen LogP contribution in [0, 0.1) is 29.2 Å². The Balaban J connectivity index is 1.40. The van der Waals surface area contributed by atoms with E-state index in [9.17, 15) is 27.5 Å². The molecule has 0 saturated heterocycles. The van der Waals surface area contributed by atoms with E-state index in [1.807, 2.05) is 0 Å². The third kappa shape index (κ3) is 5.75. The molecule has 1 aliphatic carbocycles. The minimum Gasteiger partial charge on any atom is -0.486 e. The Bertz CT molecular complexity index is 1310. The lowest BCUT2D eigenvalue weighted by Crippen LogP contribution is -2.26. The fraction of sp³-hybridized carbons (Fsp3) is 0.300. The van der Waals surface area contributed by atoms with Gasteiger partial charge in [-0.2, -0.15) is 8.78 Å². The fourth-order valence-electron chi connectivity index (χ4n) is 4.73. The Morgan fingerprint density at radius 1 is 0.921 bits per heavy atom. The third-order valence-corrected chi connectivity index (χ3v) is 6.90. The summed E-state index contributed by atoms with van der Waals surface area (Å²) in [5, 5.41) is 9.62. The van der Waals surface area contributed by atoms with Crippen molar-refractivity contribution < 1.29 is 36.9 Å². The summed E-state index contributed by atoms with van der Waals surface area (Å²) in [4.78, 5) is 12.7. The van der Waals surface area contributed by atoms with E-state index in [2.05, 4.69) is 6.58 Å². The number of esters is 1. The lowest BCUT2D eigenvalue weighted by Gasteiger charge is -2.28. The molecule has 0 bridgehead atoms. The molecule has 0 aliphatic heterocycles. The molecule has 1 fully saturated rings. The summed E-state index contributed by atoms with van der Waals surface area (Å²) in [7, 11) is 0. The summed E-state index contributed by atoms with van der Waals surface area (Å²) in [6, 6.07) is 11.8. The number of carbonyl (C=O) groups excluding carboxylic acids is 1. The van der Waals surface area contributed by atoms with Gasteiger partial charge in [-0.3, -0.25) is 4.79 Å². The molecule has 1 atom stereocenters. The molecule has 4 rings (SSSR count). The van der Waals surface area contributed by atoms with Crippen molar-refractivity contribution in [2.75, 3.05) is 6.61 Å². The minimum atomic E-state index is -1.28. The highest BCUT2D eigenvalue weighted by Crippen LogP contribution is 2.39. The van der Waals surface area contributed by atoms with Crippen molar-refractivity contribution in [1.82, 2.24) is 0 Å². The van der Waals surface area contributed by atoms with Crippen LogP contribution >= 0.6 is 0 Å². The monoisotopic (exact) mass is 528 g/mol. The molecule has 1 N–H and O–H groups in total. The Morgan fingerprint density at radius 3 is 2.18 bits per heavy atom. The van der Waals surface area contributed by atoms with Gasteiger partial charge in [0.15, 0.2) is 23.1 Å². The lowest BCUT2D eigenvalue weighted by molar-refractivity contribution is -0.140. The molecule has 1 saturated carbocycles. The Labute approximate surface area is 218 Å². The molecule has 0 aromatic heterocycles. The first-order valence-electron chi connectivity index (χ1n) is 12.4. The molecule has 0 amide bonds. The standard InChI is InChI=1S/C30H28F4O4/c1-3-16-37-24-14-12-22(26(31)28(24)33)20-8-10-21(11-9-20)30(36)38-25-15-13-23(27(32)29(25)34)19-6-4-18(5-7-19)17(2)35/h3-7,12-15,17,20-21,35H,1,8-11,16H2,2H3. The SMILES string of the molecule is C=CCOc1ccc(C2CCC(C(=O)Oc3ccc(-c4ccc(C(C)O)cc4)c(F)c3F)CC2)c(F)c1F. The van der Waals surface area contributed by atoms with Gasteiger partial charge in [-0.1, -0.05) is 43.0 Å². The molecule has 38 heavy (non-hydrogen) atoms. The van der Waals surface area contributed by atoms with Crippen LogP contribution < -0.4 is 9.47 Å². The van der Waals surface area contributed by atoms with Crippen molar-refractivity contribution in [3.63, 3.8) is 0 Å². The number of ether oxygens (including phenoxy) is 2. The van der Waals surface area contributed by atoms with Crippen LogP contribution in [0.5, 0.6) is 11.5 Å². The summed E-state index contributed by atoms with van der Waals surface area (Å²) >= 11 is 0. The first-order chi connectivity index (χ1) is 18.2. The van der Waals surface area contributed by atoms with Crippen molar-refractivity contribution >= 4 is 5.97 Å². The van der Waals surface area contributed by atoms with Gasteiger partial charge in [0.2, 0.25) is 11.6 Å². The molecule has 0 radical (unpaired) electrons. The molecule has 0 heterocycles. The number of aliphatic hydroxyl groups excluding tert-OH is 1. The largest absolute Gasteiger partial charge is 0.486 e. The molecule has 200 valence electrons. The highest BCUT2D eigenvalue weighted by molar-refractivity contribution is 5.76. The molecular weight excluding hydrogens is 500 g/mol. The maximum absolute atomic E-state index is 14.8. The van der Waals surface area contributed by atoms with Gasteiger partial charge in [0.1, 0.15) is 6.61 Å². The van der Waals surface area contributed by atoms with Crippen LogP contribution in [0.3, 0.4) is 0 Å². The summed E-state index contributed by atoms with van der Waals surface area (Å²) in [6.07, 6.45) is 2.21. The van der Waals surface area contributed by atoms with Crippen LogP contribution in [-0.4, -0.2) is 17.7 Å². The van der Waals surface area contributed by atoms with Crippen LogP contribution in [0.4, 0.5) is 17.6 Å². The fourth-order valence-corrected chi connectivity index (χ4v) is 4.73. The van der Waals surface area contributed by atoms with E-state index in [1.54, 1.807) is 31.2 Å². The number of aliphatic hydroxyl groups is 1. The lowest BCUT2D eigenvalue weighted by atomic mass is 9.78. The van der Waals surface area contributed by atoms with Crippen molar-refractivity contribution in [1.29, 1.82) is 0 Å². The second-order valence-electron chi connectivity index (χ2n) is 9.39. The van der Waals surface area contributed by atoms with Gasteiger partial charge in [-0.05, 0) is 73.4 Å². The normalized spacial score (nSPS) is 18.1. The quantitative estimate of drug-likeness (QED) is 0.143. The summed E-state index contributed by atoms with van der Waals surface area (Å²) in [5.41, 5.74) is 1.25. The molecular formula is C30H28F4O4. The molecule has 8 heteroatoms. The van der Waals surface area contributed by atoms with Crippen molar-refractivity contribution in [3.05, 3.63) is 95.6 Å². The van der Waals surface area contributed by atoms with Crippen molar-refractivity contribution in [3.8, 4) is 22.6 Å². The van der Waals surface area contributed by atoms with E-state index in [-0.39, 0.29) is 29.4 Å². The Kier molecular flexibility index (Phi) is 8.52. The summed E-state index contributed by atoms with van der Waals surface area (Å²) in [5.74, 6) is -6.75. The van der Waals surface area contributed by atoms with E-state index in [0.29, 0.717) is 36.8 Å². The average molecular weight is 529 g/mol. The second kappa shape index (κ2) is 11.8. The van der Waals surface area contributed by atoms with E-state index in [0.717, 1.165) is 0 Å². The molecule has 4 nitrogen and oxygen atoms in total. The zero-order valence-corrected chi connectivity index (χ0v) is 20.9. The second-order valence-corrected chi connectivity index (χ2v) is 9.39. The highest BCUT2D eigenvalue weighted by atomic mass is 19.2. The first-order valence-corrected chi connectivity index (χ1v) is 12.4. The number of rotatable bonds is 8. The van der Waals surface area contributed by atoms with E-state index < -0.39 is 47.0 Å². The van der Waals surface area contributed by atoms with Gasteiger partial charge < -0.3 is 14.6 Å². The first kappa shape index (κ1) is 27.4. The molecule has 3 aromatic rings. The molecule has 3 aromatic carbocycles. The average Bonchev–Trinajstić information content (AvgIpc) is 2.92. The number of benzene rings is 3. The van der Waals surface area contributed by atoms with E-state index >= 15 is 0 Å². The zero-order chi connectivity index (χ0) is 27.4. The molecule has 0 spiro atoms. The smallest absolute Gasteiger partial charge is 0.314 e. The van der Waals surface area contributed by atoms with Gasteiger partial charge >= 0.3 is 5.97 Å². The number of hydrogen-bond donors (Lipinski definition) is 1. The minimum absolute atomic E-state index is 0.00452. The van der Waals surface area contributed by atoms with E-state index in [4.69, 9.17) is 9.47 Å². The summed E-state index contributed by atoms with van der Waals surface area (Å²) in [6.45, 7) is 5.12. The Hall–Kier alpha value is -3.65. The van der Waals surface area contributed by atoms with Crippen molar-refractivity contribution in [2.45, 2.75) is 44.6 Å². The zero-order valence-electron chi connectivity index (χ0n) is 20.9. The topological polar surface area (TPSA) is 55.8 Å². The maximum atomic E-state index is 14.8. The summed E-state index contributed by atoms with van der Waals surface area (Å²) < 4.78 is 68.9. The Morgan fingerprint density at radius 2 is 1.55 bits per heavy atom. The van der Waals surface area contributed by atoms with Crippen LogP contribution in [0.15, 0.2) is 61.2 Å². The van der Waals surface area contributed by atoms with Crippen LogP contribution in [0.25, 0.3) is 11.1 Å². The van der Waals surface area contributed by atoms with Gasteiger partial charge in [0.05, 0.1) is 12.0 Å². The predicted octanol–water partition coefficient (Wildman–Crippen LogP) is 7.41. The van der Waals surface area contributed by atoms with Gasteiger partial charge in [0.25, 0.3) is 0 Å². The molecule has 1 unspecified atom stereocenters. The highest BCUT2D eigenvalue weighted by Gasteiger charge is 2.31. The van der Waals surface area contributed by atoms with Gasteiger partial charge in [-0.15, -0.1) is 0 Å². The predicted molar refractivity (Wildman–Crippen MR) is 135 cm³/mol. The maximum Gasteiger partial charge on any atom is 0.314 e. The van der Waals surface area contributed by atoms with Crippen LogP contribution in [-0.2, 0) is 4.79 Å². The van der Waals surface area contributed by atoms with E-state index in [1.165, 1.54) is 30.3 Å². The number of carbonyl (C=O) groups is 1. The van der Waals surface area contributed by atoms with Crippen molar-refractivity contribution in [2.24, 2.45) is 5.92 Å². The number of hydrogen-bond acceptors (Lipinski definition) is 4. The molecule has 1 aliphatic rings.